The van der Waals surface area contributed by atoms with E-state index in [-0.39, 0.29) is 29.3 Å². The molecule has 2 unspecified atom stereocenters. The summed E-state index contributed by atoms with van der Waals surface area (Å²) in [4.78, 5) is 26.2. The zero-order valence-electron chi connectivity index (χ0n) is 12.7. The minimum atomic E-state index is -0.285. The second kappa shape index (κ2) is 6.83. The number of nitrogens with zero attached hydrogens (tertiary/aromatic N) is 1. The summed E-state index contributed by atoms with van der Waals surface area (Å²) in [6, 6.07) is -0.165. The van der Waals surface area contributed by atoms with Gasteiger partial charge < -0.3 is 10.2 Å². The summed E-state index contributed by atoms with van der Waals surface area (Å²) in [7, 11) is 0. The van der Waals surface area contributed by atoms with E-state index in [2.05, 4.69) is 5.32 Å². The van der Waals surface area contributed by atoms with Gasteiger partial charge in [-0.25, -0.2) is 0 Å². The van der Waals surface area contributed by atoms with E-state index in [1.165, 1.54) is 32.1 Å². The van der Waals surface area contributed by atoms with Crippen molar-refractivity contribution in [3.05, 3.63) is 0 Å². The first kappa shape index (κ1) is 15.7. The number of hydrogen-bond acceptors (Lipinski definition) is 3. The molecule has 1 heterocycles. The van der Waals surface area contributed by atoms with Gasteiger partial charge in [0.05, 0.1) is 5.37 Å². The molecule has 1 aliphatic carbocycles. The van der Waals surface area contributed by atoms with Crippen LogP contribution in [0.5, 0.6) is 0 Å². The second-order valence-electron chi connectivity index (χ2n) is 6.23. The van der Waals surface area contributed by atoms with Crippen LogP contribution in [0, 0.1) is 5.92 Å². The maximum Gasteiger partial charge on any atom is 0.243 e. The molecule has 5 heteroatoms. The van der Waals surface area contributed by atoms with Crippen molar-refractivity contribution in [2.75, 3.05) is 5.75 Å². The Bertz CT molecular complexity index is 367. The van der Waals surface area contributed by atoms with E-state index in [9.17, 15) is 9.59 Å². The van der Waals surface area contributed by atoms with Crippen LogP contribution in [0.4, 0.5) is 0 Å². The average Bonchev–Trinajstić information content (AvgIpc) is 2.83. The molecule has 1 N–H and O–H groups in total. The highest BCUT2D eigenvalue weighted by Crippen LogP contribution is 2.40. The molecule has 2 fully saturated rings. The van der Waals surface area contributed by atoms with Crippen LogP contribution in [0.3, 0.4) is 0 Å². The third-order valence-corrected chi connectivity index (χ3v) is 5.65. The molecule has 2 amide bonds. The average molecular weight is 298 g/mol. The lowest BCUT2D eigenvalue weighted by Crippen LogP contribution is -2.51. The fourth-order valence-electron chi connectivity index (χ4n) is 3.29. The number of rotatable bonds is 3. The van der Waals surface area contributed by atoms with Gasteiger partial charge in [-0.15, -0.1) is 11.8 Å². The Balaban J connectivity index is 2.07. The standard InChI is InChI=1S/C15H26N2O2S/c1-10(2)16-14(19)13-9-20-15(17(13)11(3)18)12-7-5-4-6-8-12/h10,12-13,15H,4-9H2,1-3H3,(H,16,19). The predicted octanol–water partition coefficient (Wildman–Crippen LogP) is 2.38. The second-order valence-corrected chi connectivity index (χ2v) is 7.38. The molecular formula is C15H26N2O2S. The lowest BCUT2D eigenvalue weighted by molar-refractivity contribution is -0.139. The van der Waals surface area contributed by atoms with Gasteiger partial charge in [-0.3, -0.25) is 9.59 Å². The molecule has 1 saturated carbocycles. The summed E-state index contributed by atoms with van der Waals surface area (Å²) in [6.45, 7) is 5.50. The Hall–Kier alpha value is -0.710. The number of amides is 2. The summed E-state index contributed by atoms with van der Waals surface area (Å²) < 4.78 is 0. The lowest BCUT2D eigenvalue weighted by Gasteiger charge is -2.35. The number of carbonyl (C=O) groups excluding carboxylic acids is 2. The molecule has 0 aromatic rings. The van der Waals surface area contributed by atoms with Crippen LogP contribution in [0.15, 0.2) is 0 Å². The SMILES string of the molecule is CC(=O)N1C(C(=O)NC(C)C)CSC1C1CCCCC1. The molecule has 2 atom stereocenters. The maximum absolute atomic E-state index is 12.3. The zero-order chi connectivity index (χ0) is 14.7. The van der Waals surface area contributed by atoms with Gasteiger partial charge in [0.25, 0.3) is 0 Å². The quantitative estimate of drug-likeness (QED) is 0.870. The van der Waals surface area contributed by atoms with E-state index in [1.54, 1.807) is 18.7 Å². The van der Waals surface area contributed by atoms with Crippen LogP contribution >= 0.6 is 11.8 Å². The van der Waals surface area contributed by atoms with Crippen molar-refractivity contribution in [3.8, 4) is 0 Å². The minimum absolute atomic E-state index is 0.000935. The van der Waals surface area contributed by atoms with Gasteiger partial charge in [0.1, 0.15) is 6.04 Å². The molecule has 1 saturated heterocycles. The van der Waals surface area contributed by atoms with Gasteiger partial charge in [0.15, 0.2) is 0 Å². The molecule has 0 bridgehead atoms. The third-order valence-electron chi connectivity index (χ3n) is 4.19. The van der Waals surface area contributed by atoms with Gasteiger partial charge in [-0.05, 0) is 32.6 Å². The van der Waals surface area contributed by atoms with Gasteiger partial charge in [0.2, 0.25) is 11.8 Å². The molecule has 0 aromatic heterocycles. The van der Waals surface area contributed by atoms with Crippen molar-refractivity contribution >= 4 is 23.6 Å². The van der Waals surface area contributed by atoms with Crippen LogP contribution in [0.25, 0.3) is 0 Å². The number of carbonyl (C=O) groups is 2. The van der Waals surface area contributed by atoms with Crippen LogP contribution in [0.1, 0.15) is 52.9 Å². The smallest absolute Gasteiger partial charge is 0.243 e. The minimum Gasteiger partial charge on any atom is -0.352 e. The summed E-state index contributed by atoms with van der Waals surface area (Å²) >= 11 is 1.79. The van der Waals surface area contributed by atoms with E-state index < -0.39 is 0 Å². The van der Waals surface area contributed by atoms with Crippen LogP contribution in [0.2, 0.25) is 0 Å². The van der Waals surface area contributed by atoms with Crippen LogP contribution < -0.4 is 5.32 Å². The molecule has 114 valence electrons. The van der Waals surface area contributed by atoms with E-state index in [0.717, 1.165) is 5.75 Å². The van der Waals surface area contributed by atoms with Crippen molar-refractivity contribution in [1.82, 2.24) is 10.2 Å². The number of nitrogens with one attached hydrogen (secondary N) is 1. The molecule has 4 nitrogen and oxygen atoms in total. The van der Waals surface area contributed by atoms with E-state index in [1.807, 2.05) is 18.7 Å². The van der Waals surface area contributed by atoms with Gasteiger partial charge in [-0.1, -0.05) is 19.3 Å². The van der Waals surface area contributed by atoms with Crippen molar-refractivity contribution in [1.29, 1.82) is 0 Å². The van der Waals surface area contributed by atoms with Crippen LogP contribution in [-0.4, -0.2) is 39.9 Å². The molecule has 20 heavy (non-hydrogen) atoms. The Morgan fingerprint density at radius 3 is 2.40 bits per heavy atom. The number of hydrogen-bond donors (Lipinski definition) is 1. The fourth-order valence-corrected chi connectivity index (χ4v) is 4.98. The summed E-state index contributed by atoms with van der Waals surface area (Å²) in [5, 5.41) is 3.15. The van der Waals surface area contributed by atoms with Crippen molar-refractivity contribution < 1.29 is 9.59 Å². The molecular weight excluding hydrogens is 272 g/mol. The van der Waals surface area contributed by atoms with E-state index in [0.29, 0.717) is 5.92 Å². The molecule has 2 rings (SSSR count). The highest BCUT2D eigenvalue weighted by molar-refractivity contribution is 8.00. The predicted molar refractivity (Wildman–Crippen MR) is 82.4 cm³/mol. The third kappa shape index (κ3) is 3.48. The highest BCUT2D eigenvalue weighted by Gasteiger charge is 2.43. The largest absolute Gasteiger partial charge is 0.352 e. The highest BCUT2D eigenvalue weighted by atomic mass is 32.2. The molecule has 0 aromatic carbocycles. The first-order chi connectivity index (χ1) is 9.50. The monoisotopic (exact) mass is 298 g/mol. The summed E-state index contributed by atoms with van der Waals surface area (Å²) in [5.41, 5.74) is 0. The zero-order valence-corrected chi connectivity index (χ0v) is 13.5. The first-order valence-electron chi connectivity index (χ1n) is 7.71. The topological polar surface area (TPSA) is 49.4 Å². The van der Waals surface area contributed by atoms with Gasteiger partial charge in [0, 0.05) is 18.7 Å². The molecule has 2 aliphatic rings. The maximum atomic E-state index is 12.3. The lowest BCUT2D eigenvalue weighted by atomic mass is 9.88. The van der Waals surface area contributed by atoms with E-state index in [4.69, 9.17) is 0 Å². The molecule has 1 aliphatic heterocycles. The van der Waals surface area contributed by atoms with Gasteiger partial charge in [-0.2, -0.15) is 0 Å². The Morgan fingerprint density at radius 2 is 1.85 bits per heavy atom. The fraction of sp³-hybridized carbons (Fsp3) is 0.867. The Labute approximate surface area is 126 Å². The Kier molecular flexibility index (Phi) is 5.35. The molecule has 0 spiro atoms. The van der Waals surface area contributed by atoms with Crippen LogP contribution in [-0.2, 0) is 9.59 Å². The van der Waals surface area contributed by atoms with Crippen molar-refractivity contribution in [3.63, 3.8) is 0 Å². The molecule has 0 radical (unpaired) electrons. The summed E-state index contributed by atoms with van der Waals surface area (Å²) in [6.07, 6.45) is 6.22. The summed E-state index contributed by atoms with van der Waals surface area (Å²) in [5.74, 6) is 1.34. The Morgan fingerprint density at radius 1 is 1.20 bits per heavy atom. The van der Waals surface area contributed by atoms with E-state index >= 15 is 0 Å². The van der Waals surface area contributed by atoms with Crippen molar-refractivity contribution in [2.24, 2.45) is 5.92 Å². The normalized spacial score (nSPS) is 27.9. The first-order valence-corrected chi connectivity index (χ1v) is 8.76. The van der Waals surface area contributed by atoms with Crippen molar-refractivity contribution in [2.45, 2.75) is 70.3 Å². The number of thioether (sulfide) groups is 1. The van der Waals surface area contributed by atoms with Gasteiger partial charge >= 0.3 is 0 Å².